The Labute approximate surface area is 142 Å². The number of methoxy groups -OCH3 is 1. The number of hydrogen-bond donors (Lipinski definition) is 0. The summed E-state index contributed by atoms with van der Waals surface area (Å²) in [5.41, 5.74) is 5.01. The Morgan fingerprint density at radius 3 is 2.39 bits per heavy atom. The zero-order valence-corrected chi connectivity index (χ0v) is 14.1. The van der Waals surface area contributed by atoms with Crippen LogP contribution in [0.2, 0.25) is 0 Å². The number of hydrogen-bond acceptors (Lipinski definition) is 2. The van der Waals surface area contributed by atoms with Gasteiger partial charge in [-0.25, -0.2) is 0 Å². The van der Waals surface area contributed by atoms with Gasteiger partial charge in [0.1, 0.15) is 4.64 Å². The Hall–Kier alpha value is -2.39. The van der Waals surface area contributed by atoms with Crippen LogP contribution < -0.4 is 4.74 Å². The van der Waals surface area contributed by atoms with Crippen molar-refractivity contribution in [3.05, 3.63) is 82.6 Å². The SMILES string of the molecule is COc1cccn(Cc2ccc(-c3ccccc3C)cc2)c1=S. The van der Waals surface area contributed by atoms with Crippen LogP contribution in [-0.4, -0.2) is 11.7 Å². The van der Waals surface area contributed by atoms with E-state index in [1.165, 1.54) is 22.3 Å². The summed E-state index contributed by atoms with van der Waals surface area (Å²) in [6.45, 7) is 2.88. The van der Waals surface area contributed by atoms with Crippen molar-refractivity contribution in [1.29, 1.82) is 0 Å². The van der Waals surface area contributed by atoms with Crippen LogP contribution in [0, 0.1) is 11.6 Å². The fraction of sp³-hybridized carbons (Fsp3) is 0.150. The predicted octanol–water partition coefficient (Wildman–Crippen LogP) is 5.25. The summed E-state index contributed by atoms with van der Waals surface area (Å²) < 4.78 is 8.03. The van der Waals surface area contributed by atoms with E-state index in [0.717, 1.165) is 16.9 Å². The number of aromatic nitrogens is 1. The van der Waals surface area contributed by atoms with Crippen LogP contribution in [-0.2, 0) is 6.54 Å². The average Bonchev–Trinajstić information content (AvgIpc) is 2.58. The third-order valence-electron chi connectivity index (χ3n) is 3.97. The minimum Gasteiger partial charge on any atom is -0.494 e. The Kier molecular flexibility index (Phi) is 4.58. The normalized spacial score (nSPS) is 10.5. The highest BCUT2D eigenvalue weighted by molar-refractivity contribution is 7.71. The molecular weight excluding hydrogens is 302 g/mol. The van der Waals surface area contributed by atoms with E-state index in [2.05, 4.69) is 55.5 Å². The second kappa shape index (κ2) is 6.80. The molecule has 1 heterocycles. The highest BCUT2D eigenvalue weighted by Crippen LogP contribution is 2.23. The molecule has 0 aliphatic heterocycles. The van der Waals surface area contributed by atoms with Crippen molar-refractivity contribution in [3.8, 4) is 16.9 Å². The van der Waals surface area contributed by atoms with Crippen LogP contribution in [0.15, 0.2) is 66.9 Å². The monoisotopic (exact) mass is 321 g/mol. The van der Waals surface area contributed by atoms with Crippen LogP contribution >= 0.6 is 12.2 Å². The minimum absolute atomic E-state index is 0.720. The second-order valence-electron chi connectivity index (χ2n) is 5.52. The maximum atomic E-state index is 5.45. The maximum Gasteiger partial charge on any atom is 0.153 e. The lowest BCUT2D eigenvalue weighted by atomic mass is 10.00. The van der Waals surface area contributed by atoms with Gasteiger partial charge in [-0.1, -0.05) is 60.7 Å². The van der Waals surface area contributed by atoms with Crippen molar-refractivity contribution in [2.24, 2.45) is 0 Å². The molecule has 0 unspecified atom stereocenters. The fourth-order valence-corrected chi connectivity index (χ4v) is 2.95. The zero-order valence-electron chi connectivity index (χ0n) is 13.3. The summed E-state index contributed by atoms with van der Waals surface area (Å²) in [6.07, 6.45) is 1.99. The van der Waals surface area contributed by atoms with Crippen LogP contribution in [0.1, 0.15) is 11.1 Å². The molecule has 0 saturated carbocycles. The molecule has 0 spiro atoms. The van der Waals surface area contributed by atoms with E-state index < -0.39 is 0 Å². The molecule has 0 aliphatic carbocycles. The summed E-state index contributed by atoms with van der Waals surface area (Å²) in [5.74, 6) is 0.735. The number of aryl methyl sites for hydroxylation is 1. The van der Waals surface area contributed by atoms with E-state index in [4.69, 9.17) is 17.0 Å². The molecule has 0 amide bonds. The van der Waals surface area contributed by atoms with Crippen molar-refractivity contribution >= 4 is 12.2 Å². The molecule has 0 bridgehead atoms. The molecule has 23 heavy (non-hydrogen) atoms. The van der Waals surface area contributed by atoms with Crippen LogP contribution in [0.5, 0.6) is 5.75 Å². The molecule has 2 nitrogen and oxygen atoms in total. The first-order valence-electron chi connectivity index (χ1n) is 7.57. The summed E-state index contributed by atoms with van der Waals surface area (Å²) in [5, 5.41) is 0. The smallest absolute Gasteiger partial charge is 0.153 e. The highest BCUT2D eigenvalue weighted by atomic mass is 32.1. The van der Waals surface area contributed by atoms with Crippen molar-refractivity contribution in [1.82, 2.24) is 4.57 Å². The van der Waals surface area contributed by atoms with Crippen molar-refractivity contribution in [3.63, 3.8) is 0 Å². The van der Waals surface area contributed by atoms with Gasteiger partial charge in [-0.3, -0.25) is 0 Å². The number of rotatable bonds is 4. The van der Waals surface area contributed by atoms with E-state index in [9.17, 15) is 0 Å². The Morgan fingerprint density at radius 1 is 0.957 bits per heavy atom. The van der Waals surface area contributed by atoms with Crippen molar-refractivity contribution in [2.45, 2.75) is 13.5 Å². The van der Waals surface area contributed by atoms with E-state index in [0.29, 0.717) is 0 Å². The molecular formula is C20H19NOS. The van der Waals surface area contributed by atoms with Crippen LogP contribution in [0.25, 0.3) is 11.1 Å². The molecule has 3 rings (SSSR count). The second-order valence-corrected chi connectivity index (χ2v) is 5.91. The number of ether oxygens (including phenoxy) is 1. The highest BCUT2D eigenvalue weighted by Gasteiger charge is 2.03. The summed E-state index contributed by atoms with van der Waals surface area (Å²) in [6, 6.07) is 20.9. The quantitative estimate of drug-likeness (QED) is 0.609. The van der Waals surface area contributed by atoms with Gasteiger partial charge in [0.25, 0.3) is 0 Å². The molecule has 1 aromatic heterocycles. The molecule has 3 aromatic rings. The molecule has 0 aliphatic rings. The molecule has 2 aromatic carbocycles. The number of benzene rings is 2. The van der Waals surface area contributed by atoms with Gasteiger partial charge < -0.3 is 9.30 Å². The molecule has 3 heteroatoms. The minimum atomic E-state index is 0.720. The van der Waals surface area contributed by atoms with Gasteiger partial charge >= 0.3 is 0 Å². The van der Waals surface area contributed by atoms with Gasteiger partial charge in [0.2, 0.25) is 0 Å². The number of nitrogens with zero attached hydrogens (tertiary/aromatic N) is 1. The third kappa shape index (κ3) is 3.35. The van der Waals surface area contributed by atoms with Crippen LogP contribution in [0.3, 0.4) is 0 Å². The van der Waals surface area contributed by atoms with Gasteiger partial charge in [-0.05, 0) is 41.3 Å². The molecule has 0 radical (unpaired) electrons. The Balaban J connectivity index is 1.86. The molecule has 0 saturated heterocycles. The third-order valence-corrected chi connectivity index (χ3v) is 4.40. The lowest BCUT2D eigenvalue weighted by Crippen LogP contribution is -2.02. The summed E-state index contributed by atoms with van der Waals surface area (Å²) >= 11 is 5.45. The fourth-order valence-electron chi connectivity index (χ4n) is 2.68. The first-order chi connectivity index (χ1) is 11.2. The predicted molar refractivity (Wildman–Crippen MR) is 97.5 cm³/mol. The van der Waals surface area contributed by atoms with Crippen molar-refractivity contribution in [2.75, 3.05) is 7.11 Å². The number of pyridine rings is 1. The summed E-state index contributed by atoms with van der Waals surface area (Å²) in [7, 11) is 1.65. The van der Waals surface area contributed by atoms with Gasteiger partial charge in [-0.2, -0.15) is 0 Å². The lowest BCUT2D eigenvalue weighted by molar-refractivity contribution is 0.407. The Morgan fingerprint density at radius 2 is 1.70 bits per heavy atom. The van der Waals surface area contributed by atoms with Gasteiger partial charge in [0.05, 0.1) is 7.11 Å². The molecule has 116 valence electrons. The Bertz CT molecular complexity index is 865. The van der Waals surface area contributed by atoms with Gasteiger partial charge in [0.15, 0.2) is 5.75 Å². The van der Waals surface area contributed by atoms with Crippen molar-refractivity contribution < 1.29 is 4.74 Å². The van der Waals surface area contributed by atoms with E-state index in [-0.39, 0.29) is 0 Å². The van der Waals surface area contributed by atoms with E-state index in [1.54, 1.807) is 7.11 Å². The first-order valence-corrected chi connectivity index (χ1v) is 7.98. The summed E-state index contributed by atoms with van der Waals surface area (Å²) in [4.78, 5) is 0. The topological polar surface area (TPSA) is 14.2 Å². The largest absolute Gasteiger partial charge is 0.494 e. The molecule has 0 fully saturated rings. The van der Waals surface area contributed by atoms with Gasteiger partial charge in [-0.15, -0.1) is 0 Å². The lowest BCUT2D eigenvalue weighted by Gasteiger charge is -2.11. The average molecular weight is 321 g/mol. The zero-order chi connectivity index (χ0) is 16.2. The van der Waals surface area contributed by atoms with Crippen LogP contribution in [0.4, 0.5) is 0 Å². The molecule has 0 N–H and O–H groups in total. The van der Waals surface area contributed by atoms with Gasteiger partial charge in [0, 0.05) is 12.7 Å². The van der Waals surface area contributed by atoms with E-state index >= 15 is 0 Å². The van der Waals surface area contributed by atoms with E-state index in [1.807, 2.05) is 22.9 Å². The molecule has 0 atom stereocenters. The standard InChI is InChI=1S/C20H19NOS/c1-15-6-3-4-7-18(15)17-11-9-16(10-12-17)14-21-13-5-8-19(22-2)20(21)23/h3-13H,14H2,1-2H3. The first kappa shape index (κ1) is 15.5. The maximum absolute atomic E-state index is 5.45.